The van der Waals surface area contributed by atoms with Gasteiger partial charge in [-0.3, -0.25) is 19.7 Å². The molecule has 0 bridgehead atoms. The number of halogens is 3. The van der Waals surface area contributed by atoms with E-state index in [0.29, 0.717) is 43.3 Å². The fourth-order valence-electron chi connectivity index (χ4n) is 6.62. The molecule has 2 aliphatic heterocycles. The molecule has 1 aromatic rings. The predicted molar refractivity (Wildman–Crippen MR) is 127 cm³/mol. The zero-order valence-electron chi connectivity index (χ0n) is 20.4. The summed E-state index contributed by atoms with van der Waals surface area (Å²) < 4.78 is 39.1. The molecule has 1 aromatic carbocycles. The first-order valence-electron chi connectivity index (χ1n) is 13.3. The van der Waals surface area contributed by atoms with Gasteiger partial charge in [0.15, 0.2) is 0 Å². The highest BCUT2D eigenvalue weighted by Gasteiger charge is 2.42. The third kappa shape index (κ3) is 5.31. The van der Waals surface area contributed by atoms with Gasteiger partial charge >= 0.3 is 6.18 Å². The van der Waals surface area contributed by atoms with E-state index in [-0.39, 0.29) is 37.1 Å². The number of imide groups is 1. The number of rotatable bonds is 5. The molecule has 9 heteroatoms. The number of alkyl halides is 3. The molecular formula is C27H34F3N3O3. The minimum Gasteiger partial charge on any atom is -0.322 e. The Morgan fingerprint density at radius 2 is 1.72 bits per heavy atom. The van der Waals surface area contributed by atoms with Gasteiger partial charge in [-0.05, 0) is 74.5 Å². The fourth-order valence-corrected chi connectivity index (χ4v) is 6.62. The SMILES string of the molecule is O=C1CCC(N2Cc3cc(C[C@H]4CCCC[C@@H]4N[C@H]4CC[C@@H](C(F)(F)F)CC4)ccc3C2=O)C(=O)N1. The maximum absolute atomic E-state index is 13.0. The third-order valence-electron chi connectivity index (χ3n) is 8.63. The summed E-state index contributed by atoms with van der Waals surface area (Å²) in [4.78, 5) is 38.3. The standard InChI is InChI=1S/C27H34F3N3O3/c28-27(29,30)19-6-8-20(9-7-19)31-22-4-2-1-3-17(22)13-16-5-10-21-18(14-16)15-33(26(21)36)23-11-12-24(34)32-25(23)35/h5,10,14,17,19-20,22-23,31H,1-4,6-9,11-13,15H2,(H,32,34,35)/t17-,19-,20+,22+,23?/m1/s1. The lowest BCUT2D eigenvalue weighted by atomic mass is 9.78. The molecule has 2 heterocycles. The lowest BCUT2D eigenvalue weighted by molar-refractivity contribution is -0.183. The Kier molecular flexibility index (Phi) is 7.12. The molecule has 4 aliphatic rings. The summed E-state index contributed by atoms with van der Waals surface area (Å²) >= 11 is 0. The smallest absolute Gasteiger partial charge is 0.322 e. The van der Waals surface area contributed by atoms with Gasteiger partial charge in [0.25, 0.3) is 5.91 Å². The van der Waals surface area contributed by atoms with Crippen molar-refractivity contribution in [2.45, 2.75) is 101 Å². The first-order valence-corrected chi connectivity index (χ1v) is 13.3. The van der Waals surface area contributed by atoms with Gasteiger partial charge in [0.1, 0.15) is 6.04 Å². The molecule has 1 unspecified atom stereocenters. The second-order valence-corrected chi connectivity index (χ2v) is 11.0. The minimum atomic E-state index is -4.08. The van der Waals surface area contributed by atoms with Crippen LogP contribution in [0, 0.1) is 11.8 Å². The van der Waals surface area contributed by atoms with Crippen molar-refractivity contribution in [1.29, 1.82) is 0 Å². The van der Waals surface area contributed by atoms with Crippen LogP contribution in [0.25, 0.3) is 0 Å². The molecule has 2 saturated carbocycles. The summed E-state index contributed by atoms with van der Waals surface area (Å²) in [5.74, 6) is -1.63. The third-order valence-corrected chi connectivity index (χ3v) is 8.63. The summed E-state index contributed by atoms with van der Waals surface area (Å²) in [7, 11) is 0. The van der Waals surface area contributed by atoms with Crippen LogP contribution in [-0.4, -0.2) is 46.9 Å². The normalized spacial score (nSPS) is 31.4. The first-order chi connectivity index (χ1) is 17.2. The summed E-state index contributed by atoms with van der Waals surface area (Å²) in [6.45, 7) is 0.364. The molecule has 3 atom stereocenters. The van der Waals surface area contributed by atoms with E-state index in [9.17, 15) is 27.6 Å². The quantitative estimate of drug-likeness (QED) is 0.587. The van der Waals surface area contributed by atoms with Crippen LogP contribution in [0.15, 0.2) is 18.2 Å². The monoisotopic (exact) mass is 505 g/mol. The van der Waals surface area contributed by atoms with Crippen molar-refractivity contribution < 1.29 is 27.6 Å². The molecular weight excluding hydrogens is 471 g/mol. The van der Waals surface area contributed by atoms with Gasteiger partial charge in [0, 0.05) is 30.6 Å². The lowest BCUT2D eigenvalue weighted by Gasteiger charge is -2.38. The Morgan fingerprint density at radius 3 is 2.44 bits per heavy atom. The number of hydrogen-bond acceptors (Lipinski definition) is 4. The molecule has 5 rings (SSSR count). The predicted octanol–water partition coefficient (Wildman–Crippen LogP) is 4.26. The van der Waals surface area contributed by atoms with E-state index in [1.807, 2.05) is 12.1 Å². The maximum Gasteiger partial charge on any atom is 0.391 e. The average molecular weight is 506 g/mol. The zero-order chi connectivity index (χ0) is 25.4. The van der Waals surface area contributed by atoms with Crippen molar-refractivity contribution in [1.82, 2.24) is 15.5 Å². The van der Waals surface area contributed by atoms with Crippen LogP contribution in [0.4, 0.5) is 13.2 Å². The number of amides is 3. The van der Waals surface area contributed by atoms with E-state index in [1.54, 1.807) is 4.90 Å². The number of carbonyl (C=O) groups is 3. The molecule has 0 radical (unpaired) electrons. The topological polar surface area (TPSA) is 78.5 Å². The van der Waals surface area contributed by atoms with Gasteiger partial charge in [-0.25, -0.2) is 0 Å². The molecule has 196 valence electrons. The van der Waals surface area contributed by atoms with Gasteiger partial charge in [-0.1, -0.05) is 25.0 Å². The molecule has 3 fully saturated rings. The number of nitrogens with one attached hydrogen (secondary N) is 2. The van der Waals surface area contributed by atoms with Crippen molar-refractivity contribution in [3.05, 3.63) is 34.9 Å². The van der Waals surface area contributed by atoms with Crippen molar-refractivity contribution >= 4 is 17.7 Å². The van der Waals surface area contributed by atoms with Crippen LogP contribution in [0.2, 0.25) is 0 Å². The van der Waals surface area contributed by atoms with Crippen LogP contribution >= 0.6 is 0 Å². The van der Waals surface area contributed by atoms with Gasteiger partial charge in [0.2, 0.25) is 11.8 Å². The number of piperidine rings is 1. The Balaban J connectivity index is 1.21. The van der Waals surface area contributed by atoms with Crippen LogP contribution in [0.1, 0.15) is 85.7 Å². The highest BCUT2D eigenvalue weighted by molar-refractivity contribution is 6.05. The van der Waals surface area contributed by atoms with E-state index in [2.05, 4.69) is 16.7 Å². The largest absolute Gasteiger partial charge is 0.391 e. The van der Waals surface area contributed by atoms with E-state index in [1.165, 1.54) is 0 Å². The van der Waals surface area contributed by atoms with Crippen molar-refractivity contribution in [3.8, 4) is 0 Å². The highest BCUT2D eigenvalue weighted by Crippen LogP contribution is 2.38. The maximum atomic E-state index is 13.0. The van der Waals surface area contributed by atoms with Gasteiger partial charge in [0.05, 0.1) is 5.92 Å². The summed E-state index contributed by atoms with van der Waals surface area (Å²) in [6.07, 6.45) is 3.31. The number of benzene rings is 1. The summed E-state index contributed by atoms with van der Waals surface area (Å²) in [5, 5.41) is 6.05. The number of fused-ring (bicyclic) bond motifs is 1. The van der Waals surface area contributed by atoms with Gasteiger partial charge in [-0.15, -0.1) is 0 Å². The van der Waals surface area contributed by atoms with Crippen LogP contribution in [0.3, 0.4) is 0 Å². The van der Waals surface area contributed by atoms with E-state index in [0.717, 1.165) is 43.2 Å². The molecule has 0 spiro atoms. The second-order valence-electron chi connectivity index (χ2n) is 11.0. The van der Waals surface area contributed by atoms with Crippen molar-refractivity contribution in [2.24, 2.45) is 11.8 Å². The second kappa shape index (κ2) is 10.1. The Hall–Kier alpha value is -2.42. The number of hydrogen-bond donors (Lipinski definition) is 2. The van der Waals surface area contributed by atoms with Crippen molar-refractivity contribution in [2.75, 3.05) is 0 Å². The molecule has 3 amide bonds. The highest BCUT2D eigenvalue weighted by atomic mass is 19.4. The minimum absolute atomic E-state index is 0.147. The van der Waals surface area contributed by atoms with E-state index < -0.39 is 24.0 Å². The lowest BCUT2D eigenvalue weighted by Crippen LogP contribution is -2.52. The van der Waals surface area contributed by atoms with Crippen molar-refractivity contribution in [3.63, 3.8) is 0 Å². The Bertz CT molecular complexity index is 1020. The summed E-state index contributed by atoms with van der Waals surface area (Å²) in [5.41, 5.74) is 2.67. The molecule has 6 nitrogen and oxygen atoms in total. The number of nitrogens with zero attached hydrogens (tertiary/aromatic N) is 1. The molecule has 2 aliphatic carbocycles. The average Bonchev–Trinajstić information content (AvgIpc) is 3.15. The molecule has 0 aromatic heterocycles. The zero-order valence-corrected chi connectivity index (χ0v) is 20.4. The van der Waals surface area contributed by atoms with Crippen LogP contribution in [0.5, 0.6) is 0 Å². The first kappa shape index (κ1) is 25.2. The van der Waals surface area contributed by atoms with E-state index >= 15 is 0 Å². The molecule has 36 heavy (non-hydrogen) atoms. The summed E-state index contributed by atoms with van der Waals surface area (Å²) in [6, 6.07) is 5.73. The van der Waals surface area contributed by atoms with Gasteiger partial charge in [-0.2, -0.15) is 13.2 Å². The van der Waals surface area contributed by atoms with Crippen LogP contribution < -0.4 is 10.6 Å². The van der Waals surface area contributed by atoms with E-state index in [4.69, 9.17) is 0 Å². The Labute approximate surface area is 209 Å². The molecule has 2 N–H and O–H groups in total. The van der Waals surface area contributed by atoms with Gasteiger partial charge < -0.3 is 10.2 Å². The van der Waals surface area contributed by atoms with Crippen LogP contribution in [-0.2, 0) is 22.6 Å². The fraction of sp³-hybridized carbons (Fsp3) is 0.667. The number of carbonyl (C=O) groups excluding carboxylic acids is 3. The Morgan fingerprint density at radius 1 is 0.972 bits per heavy atom. The molecule has 1 saturated heterocycles.